The van der Waals surface area contributed by atoms with Crippen molar-refractivity contribution in [1.29, 1.82) is 0 Å². The molecule has 3 aromatic rings. The van der Waals surface area contributed by atoms with Gasteiger partial charge in [-0.25, -0.2) is 9.78 Å². The number of carbonyl (C=O) groups is 1. The third-order valence-electron chi connectivity index (χ3n) is 2.78. The molecule has 0 spiro atoms. The fraction of sp³-hybridized carbons (Fsp3) is 0. The normalized spacial score (nSPS) is 10.9. The lowest BCUT2D eigenvalue weighted by Crippen LogP contribution is -2.28. The fourth-order valence-corrected chi connectivity index (χ4v) is 1.90. The van der Waals surface area contributed by atoms with Gasteiger partial charge in [0.25, 0.3) is 0 Å². The maximum absolute atomic E-state index is 12.1. The molecule has 0 bridgehead atoms. The van der Waals surface area contributed by atoms with Crippen molar-refractivity contribution in [2.45, 2.75) is 0 Å². The number of aromatic carboxylic acids is 1. The number of para-hydroxylation sites is 2. The molecule has 0 saturated carbocycles. The standard InChI is InChI=1S/C13H8N2O3/c16-13(17)8-5-6-10-12(7-8)15(18)11-4-2-1-3-9(11)14-10/h1-7H,(H,16,17). The zero-order valence-electron chi connectivity index (χ0n) is 9.20. The monoisotopic (exact) mass is 240 g/mol. The molecule has 1 heterocycles. The molecule has 0 aliphatic carbocycles. The lowest BCUT2D eigenvalue weighted by atomic mass is 10.2. The van der Waals surface area contributed by atoms with Crippen molar-refractivity contribution in [1.82, 2.24) is 4.98 Å². The van der Waals surface area contributed by atoms with Crippen LogP contribution < -0.4 is 4.73 Å². The first-order chi connectivity index (χ1) is 8.66. The highest BCUT2D eigenvalue weighted by atomic mass is 16.5. The first-order valence-electron chi connectivity index (χ1n) is 5.32. The van der Waals surface area contributed by atoms with Gasteiger partial charge in [-0.05, 0) is 18.2 Å². The molecule has 0 atom stereocenters. The molecule has 0 fully saturated rings. The molecular weight excluding hydrogens is 232 g/mol. The highest BCUT2D eigenvalue weighted by Crippen LogP contribution is 2.15. The van der Waals surface area contributed by atoms with Gasteiger partial charge in [0, 0.05) is 12.1 Å². The van der Waals surface area contributed by atoms with E-state index in [0.717, 1.165) is 0 Å². The summed E-state index contributed by atoms with van der Waals surface area (Å²) in [6.45, 7) is 0. The second-order valence-electron chi connectivity index (χ2n) is 3.90. The van der Waals surface area contributed by atoms with Gasteiger partial charge in [0.15, 0.2) is 0 Å². The number of hydrogen-bond donors (Lipinski definition) is 1. The molecule has 1 N–H and O–H groups in total. The third-order valence-corrected chi connectivity index (χ3v) is 2.78. The number of nitrogens with zero attached hydrogens (tertiary/aromatic N) is 2. The van der Waals surface area contributed by atoms with Crippen molar-refractivity contribution in [3.05, 3.63) is 53.2 Å². The summed E-state index contributed by atoms with van der Waals surface area (Å²) in [5, 5.41) is 21.1. The number of rotatable bonds is 1. The van der Waals surface area contributed by atoms with Gasteiger partial charge in [0.05, 0.1) is 5.56 Å². The molecule has 0 radical (unpaired) electrons. The average Bonchev–Trinajstić information content (AvgIpc) is 2.38. The van der Waals surface area contributed by atoms with E-state index in [0.29, 0.717) is 21.3 Å². The molecule has 5 heteroatoms. The Labute approximate surface area is 102 Å². The molecule has 5 nitrogen and oxygen atoms in total. The number of aromatic nitrogens is 2. The van der Waals surface area contributed by atoms with E-state index in [9.17, 15) is 10.0 Å². The fourth-order valence-electron chi connectivity index (χ4n) is 1.90. The Morgan fingerprint density at radius 3 is 2.61 bits per heavy atom. The highest BCUT2D eigenvalue weighted by molar-refractivity contribution is 5.92. The molecule has 18 heavy (non-hydrogen) atoms. The van der Waals surface area contributed by atoms with Crippen LogP contribution >= 0.6 is 0 Å². The van der Waals surface area contributed by atoms with Crippen LogP contribution in [0.5, 0.6) is 0 Å². The van der Waals surface area contributed by atoms with Crippen LogP contribution in [-0.4, -0.2) is 16.1 Å². The average molecular weight is 240 g/mol. The quantitative estimate of drug-likeness (QED) is 0.399. The summed E-state index contributed by atoms with van der Waals surface area (Å²) < 4.78 is 0.712. The zero-order valence-corrected chi connectivity index (χ0v) is 9.20. The number of carboxylic acid groups (broad SMARTS) is 1. The number of fused-ring (bicyclic) bond motifs is 2. The molecule has 3 rings (SSSR count). The number of carboxylic acids is 1. The van der Waals surface area contributed by atoms with Crippen LogP contribution in [-0.2, 0) is 0 Å². The lowest BCUT2D eigenvalue weighted by molar-refractivity contribution is -0.548. The van der Waals surface area contributed by atoms with E-state index in [4.69, 9.17) is 5.11 Å². The Hall–Kier alpha value is -2.69. The van der Waals surface area contributed by atoms with E-state index >= 15 is 0 Å². The van der Waals surface area contributed by atoms with Gasteiger partial charge >= 0.3 is 5.97 Å². The van der Waals surface area contributed by atoms with Crippen LogP contribution in [0, 0.1) is 5.21 Å². The number of hydrogen-bond acceptors (Lipinski definition) is 3. The summed E-state index contributed by atoms with van der Waals surface area (Å²) in [6.07, 6.45) is 0. The van der Waals surface area contributed by atoms with Crippen LogP contribution in [0.25, 0.3) is 22.1 Å². The zero-order chi connectivity index (χ0) is 12.7. The molecule has 2 aromatic carbocycles. The van der Waals surface area contributed by atoms with E-state index < -0.39 is 5.97 Å². The SMILES string of the molecule is O=C(O)c1ccc2nc3ccccc3[n+]([O-])c2c1. The summed E-state index contributed by atoms with van der Waals surface area (Å²) in [4.78, 5) is 15.2. The molecule has 0 aliphatic rings. The largest absolute Gasteiger partial charge is 0.618 e. The van der Waals surface area contributed by atoms with Crippen molar-refractivity contribution >= 4 is 28.0 Å². The topological polar surface area (TPSA) is 77.1 Å². The molecule has 0 aliphatic heterocycles. The van der Waals surface area contributed by atoms with Gasteiger partial charge in [-0.15, -0.1) is 0 Å². The summed E-state index contributed by atoms with van der Waals surface area (Å²) in [5.74, 6) is -1.06. The predicted molar refractivity (Wildman–Crippen MR) is 65.2 cm³/mol. The summed E-state index contributed by atoms with van der Waals surface area (Å²) in [7, 11) is 0. The van der Waals surface area contributed by atoms with Gasteiger partial charge in [-0.3, -0.25) is 0 Å². The van der Waals surface area contributed by atoms with E-state index in [1.54, 1.807) is 30.3 Å². The summed E-state index contributed by atoms with van der Waals surface area (Å²) in [6, 6.07) is 11.3. The van der Waals surface area contributed by atoms with Crippen molar-refractivity contribution in [3.8, 4) is 0 Å². The number of benzene rings is 2. The summed E-state index contributed by atoms with van der Waals surface area (Å²) in [5.41, 5.74) is 1.82. The van der Waals surface area contributed by atoms with Crippen molar-refractivity contribution in [2.75, 3.05) is 0 Å². The van der Waals surface area contributed by atoms with Crippen LogP contribution in [0.1, 0.15) is 10.4 Å². The van der Waals surface area contributed by atoms with Crippen molar-refractivity contribution < 1.29 is 14.6 Å². The van der Waals surface area contributed by atoms with E-state index in [2.05, 4.69) is 4.98 Å². The second kappa shape index (κ2) is 3.66. The predicted octanol–water partition coefficient (Wildman–Crippen LogP) is 1.72. The van der Waals surface area contributed by atoms with Crippen LogP contribution in [0.15, 0.2) is 42.5 Å². The van der Waals surface area contributed by atoms with Gasteiger partial charge < -0.3 is 10.3 Å². The summed E-state index contributed by atoms with van der Waals surface area (Å²) >= 11 is 0. The molecule has 1 aromatic heterocycles. The maximum atomic E-state index is 12.1. The first kappa shape index (κ1) is 10.5. The molecule has 88 valence electrons. The van der Waals surface area contributed by atoms with E-state index in [1.807, 2.05) is 0 Å². The molecule has 0 amide bonds. The van der Waals surface area contributed by atoms with Gasteiger partial charge in [0.2, 0.25) is 11.0 Å². The van der Waals surface area contributed by atoms with Gasteiger partial charge in [0.1, 0.15) is 11.0 Å². The smallest absolute Gasteiger partial charge is 0.335 e. The Balaban J connectivity index is 2.45. The van der Waals surface area contributed by atoms with Crippen LogP contribution in [0.2, 0.25) is 0 Å². The second-order valence-corrected chi connectivity index (χ2v) is 3.90. The minimum Gasteiger partial charge on any atom is -0.618 e. The molecule has 0 unspecified atom stereocenters. The first-order valence-corrected chi connectivity index (χ1v) is 5.32. The minimum absolute atomic E-state index is 0.0733. The maximum Gasteiger partial charge on any atom is 0.335 e. The Kier molecular flexibility index (Phi) is 2.13. The Morgan fingerprint density at radius 2 is 1.83 bits per heavy atom. The Morgan fingerprint density at radius 1 is 1.11 bits per heavy atom. The molecule has 0 saturated heterocycles. The van der Waals surface area contributed by atoms with Crippen molar-refractivity contribution in [3.63, 3.8) is 0 Å². The van der Waals surface area contributed by atoms with Gasteiger partial charge in [-0.1, -0.05) is 12.1 Å². The van der Waals surface area contributed by atoms with E-state index in [-0.39, 0.29) is 11.1 Å². The molecular formula is C13H8N2O3. The van der Waals surface area contributed by atoms with Crippen LogP contribution in [0.4, 0.5) is 0 Å². The Bertz CT molecular complexity index is 784. The van der Waals surface area contributed by atoms with Crippen LogP contribution in [0.3, 0.4) is 0 Å². The minimum atomic E-state index is -1.06. The third kappa shape index (κ3) is 1.45. The van der Waals surface area contributed by atoms with Crippen molar-refractivity contribution in [2.24, 2.45) is 0 Å². The lowest BCUT2D eigenvalue weighted by Gasteiger charge is -2.05. The highest BCUT2D eigenvalue weighted by Gasteiger charge is 2.13. The van der Waals surface area contributed by atoms with Gasteiger partial charge in [-0.2, -0.15) is 4.73 Å². The van der Waals surface area contributed by atoms with E-state index in [1.165, 1.54) is 12.1 Å².